The molecule has 0 saturated heterocycles. The van der Waals surface area contributed by atoms with Crippen molar-refractivity contribution < 1.29 is 9.47 Å². The van der Waals surface area contributed by atoms with Crippen LogP contribution in [-0.4, -0.2) is 14.2 Å². The third-order valence-electron chi connectivity index (χ3n) is 3.82. The van der Waals surface area contributed by atoms with Crippen molar-refractivity contribution in [2.45, 2.75) is 26.4 Å². The van der Waals surface area contributed by atoms with Crippen molar-refractivity contribution in [3.05, 3.63) is 58.1 Å². The Morgan fingerprint density at radius 2 is 1.82 bits per heavy atom. The normalized spacial score (nSPS) is 12.0. The molecule has 0 saturated carbocycles. The molecule has 0 amide bonds. The van der Waals surface area contributed by atoms with Crippen LogP contribution >= 0.6 is 11.6 Å². The summed E-state index contributed by atoms with van der Waals surface area (Å²) in [5, 5.41) is 4.09. The number of aryl methyl sites for hydroxylation is 1. The third-order valence-corrected chi connectivity index (χ3v) is 4.23. The van der Waals surface area contributed by atoms with Crippen LogP contribution in [0.2, 0.25) is 5.02 Å². The second-order valence-electron chi connectivity index (χ2n) is 5.23. The first-order valence-electron chi connectivity index (χ1n) is 7.26. The molecule has 0 fully saturated rings. The molecule has 0 heterocycles. The van der Waals surface area contributed by atoms with Crippen molar-refractivity contribution >= 4 is 11.6 Å². The Labute approximate surface area is 137 Å². The summed E-state index contributed by atoms with van der Waals surface area (Å²) in [6.07, 6.45) is 0. The lowest BCUT2D eigenvalue weighted by Crippen LogP contribution is -2.19. The molecular formula is C18H22ClNO2. The first kappa shape index (κ1) is 16.7. The van der Waals surface area contributed by atoms with Crippen molar-refractivity contribution in [1.29, 1.82) is 0 Å². The molecule has 0 aliphatic carbocycles. The average molecular weight is 320 g/mol. The van der Waals surface area contributed by atoms with Crippen LogP contribution in [0.1, 0.15) is 29.7 Å². The van der Waals surface area contributed by atoms with Gasteiger partial charge >= 0.3 is 0 Å². The highest BCUT2D eigenvalue weighted by atomic mass is 35.5. The fourth-order valence-corrected chi connectivity index (χ4v) is 2.81. The third kappa shape index (κ3) is 3.54. The van der Waals surface area contributed by atoms with E-state index in [1.807, 2.05) is 12.1 Å². The van der Waals surface area contributed by atoms with Gasteiger partial charge in [0.2, 0.25) is 0 Å². The van der Waals surface area contributed by atoms with Gasteiger partial charge in [-0.2, -0.15) is 0 Å². The minimum absolute atomic E-state index is 0.241. The molecule has 22 heavy (non-hydrogen) atoms. The molecule has 0 spiro atoms. The SMILES string of the molecule is COc1ccc(CNC(C)c2ccccc2C)c(Cl)c1OC. The molecule has 2 aromatic carbocycles. The van der Waals surface area contributed by atoms with E-state index in [0.29, 0.717) is 23.1 Å². The van der Waals surface area contributed by atoms with Gasteiger partial charge in [-0.1, -0.05) is 41.9 Å². The van der Waals surface area contributed by atoms with Gasteiger partial charge in [-0.25, -0.2) is 0 Å². The molecule has 2 aromatic rings. The van der Waals surface area contributed by atoms with Crippen LogP contribution < -0.4 is 14.8 Å². The molecule has 0 radical (unpaired) electrons. The van der Waals surface area contributed by atoms with Gasteiger partial charge in [0, 0.05) is 12.6 Å². The minimum atomic E-state index is 0.241. The van der Waals surface area contributed by atoms with E-state index < -0.39 is 0 Å². The number of methoxy groups -OCH3 is 2. The number of rotatable bonds is 6. The molecule has 0 aliphatic heterocycles. The molecule has 1 atom stereocenters. The molecule has 0 aromatic heterocycles. The second-order valence-corrected chi connectivity index (χ2v) is 5.61. The average Bonchev–Trinajstić information content (AvgIpc) is 2.53. The highest BCUT2D eigenvalue weighted by molar-refractivity contribution is 6.33. The first-order chi connectivity index (χ1) is 10.6. The number of benzene rings is 2. The maximum atomic E-state index is 6.41. The highest BCUT2D eigenvalue weighted by Gasteiger charge is 2.14. The van der Waals surface area contributed by atoms with Gasteiger partial charge in [0.25, 0.3) is 0 Å². The Balaban J connectivity index is 2.13. The zero-order valence-corrected chi connectivity index (χ0v) is 14.2. The summed E-state index contributed by atoms with van der Waals surface area (Å²) in [4.78, 5) is 0. The van der Waals surface area contributed by atoms with Crippen LogP contribution in [0.5, 0.6) is 11.5 Å². The zero-order valence-electron chi connectivity index (χ0n) is 13.4. The van der Waals surface area contributed by atoms with Crippen molar-refractivity contribution in [1.82, 2.24) is 5.32 Å². The van der Waals surface area contributed by atoms with E-state index in [2.05, 4.69) is 43.4 Å². The summed E-state index contributed by atoms with van der Waals surface area (Å²) < 4.78 is 10.6. The summed E-state index contributed by atoms with van der Waals surface area (Å²) in [5.41, 5.74) is 3.56. The molecule has 0 bridgehead atoms. The predicted octanol–water partition coefficient (Wildman–Crippen LogP) is 4.52. The smallest absolute Gasteiger partial charge is 0.179 e. The van der Waals surface area contributed by atoms with E-state index in [-0.39, 0.29) is 6.04 Å². The predicted molar refractivity (Wildman–Crippen MR) is 91.0 cm³/mol. The summed E-state index contributed by atoms with van der Waals surface area (Å²) in [6.45, 7) is 4.93. The molecule has 2 rings (SSSR count). The Morgan fingerprint density at radius 3 is 2.45 bits per heavy atom. The van der Waals surface area contributed by atoms with Gasteiger partial charge in [-0.05, 0) is 36.6 Å². The Hall–Kier alpha value is -1.71. The summed E-state index contributed by atoms with van der Waals surface area (Å²) in [7, 11) is 3.20. The molecule has 118 valence electrons. The summed E-state index contributed by atoms with van der Waals surface area (Å²) >= 11 is 6.41. The number of ether oxygens (including phenoxy) is 2. The Morgan fingerprint density at radius 1 is 1.09 bits per heavy atom. The van der Waals surface area contributed by atoms with E-state index in [4.69, 9.17) is 21.1 Å². The number of hydrogen-bond acceptors (Lipinski definition) is 3. The van der Waals surface area contributed by atoms with E-state index in [0.717, 1.165) is 5.56 Å². The van der Waals surface area contributed by atoms with Crippen LogP contribution in [0, 0.1) is 6.92 Å². The number of hydrogen-bond donors (Lipinski definition) is 1. The Bertz CT molecular complexity index is 643. The van der Waals surface area contributed by atoms with Crippen molar-refractivity contribution in [2.75, 3.05) is 14.2 Å². The van der Waals surface area contributed by atoms with Gasteiger partial charge in [0.05, 0.1) is 19.2 Å². The number of nitrogens with one attached hydrogen (secondary N) is 1. The molecule has 0 aliphatic rings. The lowest BCUT2D eigenvalue weighted by atomic mass is 10.0. The van der Waals surface area contributed by atoms with Gasteiger partial charge in [0.1, 0.15) is 0 Å². The summed E-state index contributed by atoms with van der Waals surface area (Å²) in [6, 6.07) is 12.5. The zero-order chi connectivity index (χ0) is 16.1. The Kier molecular flexibility index (Phi) is 5.69. The van der Waals surface area contributed by atoms with Gasteiger partial charge < -0.3 is 14.8 Å². The summed E-state index contributed by atoms with van der Waals surface area (Å²) in [5.74, 6) is 1.22. The minimum Gasteiger partial charge on any atom is -0.493 e. The lowest BCUT2D eigenvalue weighted by molar-refractivity contribution is 0.354. The van der Waals surface area contributed by atoms with Crippen LogP contribution in [0.25, 0.3) is 0 Å². The second kappa shape index (κ2) is 7.52. The molecule has 1 N–H and O–H groups in total. The molecule has 1 unspecified atom stereocenters. The first-order valence-corrected chi connectivity index (χ1v) is 7.64. The van der Waals surface area contributed by atoms with Gasteiger partial charge in [-0.15, -0.1) is 0 Å². The van der Waals surface area contributed by atoms with Crippen molar-refractivity contribution in [2.24, 2.45) is 0 Å². The molecule has 4 heteroatoms. The van der Waals surface area contributed by atoms with Gasteiger partial charge in [0.15, 0.2) is 11.5 Å². The molecular weight excluding hydrogens is 298 g/mol. The van der Waals surface area contributed by atoms with E-state index in [9.17, 15) is 0 Å². The standard InChI is InChI=1S/C18H22ClNO2/c1-12-7-5-6-8-15(12)13(2)20-11-14-9-10-16(21-3)18(22-4)17(14)19/h5-10,13,20H,11H2,1-4H3. The van der Waals surface area contributed by atoms with Crippen LogP contribution in [-0.2, 0) is 6.54 Å². The monoisotopic (exact) mass is 319 g/mol. The maximum Gasteiger partial charge on any atom is 0.179 e. The molecule has 3 nitrogen and oxygen atoms in total. The number of halogens is 1. The largest absolute Gasteiger partial charge is 0.493 e. The van der Waals surface area contributed by atoms with Crippen molar-refractivity contribution in [3.8, 4) is 11.5 Å². The van der Waals surface area contributed by atoms with E-state index >= 15 is 0 Å². The quantitative estimate of drug-likeness (QED) is 0.849. The fourth-order valence-electron chi connectivity index (χ4n) is 2.51. The van der Waals surface area contributed by atoms with Crippen LogP contribution in [0.15, 0.2) is 36.4 Å². The fraction of sp³-hybridized carbons (Fsp3) is 0.333. The topological polar surface area (TPSA) is 30.5 Å². The van der Waals surface area contributed by atoms with Crippen molar-refractivity contribution in [3.63, 3.8) is 0 Å². The van der Waals surface area contributed by atoms with Gasteiger partial charge in [-0.3, -0.25) is 0 Å². The highest BCUT2D eigenvalue weighted by Crippen LogP contribution is 2.37. The van der Waals surface area contributed by atoms with Crippen LogP contribution in [0.3, 0.4) is 0 Å². The maximum absolute atomic E-state index is 6.41. The van der Waals surface area contributed by atoms with E-state index in [1.54, 1.807) is 14.2 Å². The lowest BCUT2D eigenvalue weighted by Gasteiger charge is -2.18. The van der Waals surface area contributed by atoms with Crippen LogP contribution in [0.4, 0.5) is 0 Å². The van der Waals surface area contributed by atoms with E-state index in [1.165, 1.54) is 11.1 Å².